The molecule has 1 aromatic rings. The van der Waals surface area contributed by atoms with Gasteiger partial charge in [0, 0.05) is 24.6 Å². The van der Waals surface area contributed by atoms with Gasteiger partial charge in [-0.1, -0.05) is 17.7 Å². The van der Waals surface area contributed by atoms with E-state index in [2.05, 4.69) is 5.32 Å². The number of likely N-dealkylation sites (tertiary alicyclic amines) is 1. The van der Waals surface area contributed by atoms with Crippen molar-refractivity contribution in [3.8, 4) is 0 Å². The Labute approximate surface area is 134 Å². The Hall–Kier alpha value is -2.63. The molecule has 0 spiro atoms. The van der Waals surface area contributed by atoms with E-state index >= 15 is 0 Å². The van der Waals surface area contributed by atoms with Crippen LogP contribution in [0.3, 0.4) is 0 Å². The van der Waals surface area contributed by atoms with Crippen LogP contribution in [0.4, 0.5) is 0 Å². The Bertz CT molecular complexity index is 751. The largest absolute Gasteiger partial charge is 0.466 e. The first-order valence-electron chi connectivity index (χ1n) is 7.44. The van der Waals surface area contributed by atoms with Gasteiger partial charge >= 0.3 is 5.97 Å². The number of aryl methyl sites for hydroxylation is 1. The average Bonchev–Trinajstić information content (AvgIpc) is 3.02. The highest BCUT2D eigenvalue weighted by Crippen LogP contribution is 2.33. The summed E-state index contributed by atoms with van der Waals surface area (Å²) in [5.41, 5.74) is 2.95. The lowest BCUT2D eigenvalue weighted by Crippen LogP contribution is -2.35. The fourth-order valence-corrected chi connectivity index (χ4v) is 3.18. The molecule has 6 heteroatoms. The first kappa shape index (κ1) is 15.3. The van der Waals surface area contributed by atoms with Crippen molar-refractivity contribution in [1.29, 1.82) is 0 Å². The van der Waals surface area contributed by atoms with Gasteiger partial charge in [0.1, 0.15) is 0 Å². The summed E-state index contributed by atoms with van der Waals surface area (Å²) in [7, 11) is 2.96. The quantitative estimate of drug-likeness (QED) is 0.658. The van der Waals surface area contributed by atoms with Crippen LogP contribution in [-0.4, -0.2) is 42.9 Å². The summed E-state index contributed by atoms with van der Waals surface area (Å²) in [4.78, 5) is 38.0. The predicted octanol–water partition coefficient (Wildman–Crippen LogP) is 1.24. The lowest BCUT2D eigenvalue weighted by atomic mass is 9.97. The molecule has 1 unspecified atom stereocenters. The third-order valence-corrected chi connectivity index (χ3v) is 4.43. The molecule has 6 nitrogen and oxygen atoms in total. The molecule has 23 heavy (non-hydrogen) atoms. The van der Waals surface area contributed by atoms with Gasteiger partial charge in [0.2, 0.25) is 5.91 Å². The fourth-order valence-electron chi connectivity index (χ4n) is 3.18. The molecule has 1 fully saturated rings. The lowest BCUT2D eigenvalue weighted by molar-refractivity contribution is -0.136. The molecule has 0 saturated carbocycles. The van der Waals surface area contributed by atoms with Gasteiger partial charge in [0.05, 0.1) is 24.4 Å². The van der Waals surface area contributed by atoms with Gasteiger partial charge in [-0.25, -0.2) is 4.79 Å². The van der Waals surface area contributed by atoms with E-state index in [-0.39, 0.29) is 11.8 Å². The van der Waals surface area contributed by atoms with Crippen molar-refractivity contribution in [3.05, 3.63) is 40.5 Å². The monoisotopic (exact) mass is 314 g/mol. The first-order chi connectivity index (χ1) is 10.9. The highest BCUT2D eigenvalue weighted by molar-refractivity contribution is 6.14. The van der Waals surface area contributed by atoms with Gasteiger partial charge in [0.25, 0.3) is 5.91 Å². The van der Waals surface area contributed by atoms with Crippen LogP contribution in [0.1, 0.15) is 34.3 Å². The van der Waals surface area contributed by atoms with E-state index in [0.717, 1.165) is 5.56 Å². The molecule has 0 aromatic heterocycles. The number of nitrogens with zero attached hydrogens (tertiary/aromatic N) is 1. The topological polar surface area (TPSA) is 75.7 Å². The minimum Gasteiger partial charge on any atom is -0.466 e. The second kappa shape index (κ2) is 5.53. The third kappa shape index (κ3) is 2.40. The Balaban J connectivity index is 2.18. The zero-order chi connectivity index (χ0) is 16.7. The van der Waals surface area contributed by atoms with Gasteiger partial charge in [-0.05, 0) is 19.4 Å². The number of fused-ring (bicyclic) bond motifs is 1. The molecule has 0 bridgehead atoms. The van der Waals surface area contributed by atoms with E-state index in [4.69, 9.17) is 4.74 Å². The highest BCUT2D eigenvalue weighted by Gasteiger charge is 2.39. The van der Waals surface area contributed by atoms with Gasteiger partial charge in [-0.3, -0.25) is 9.59 Å². The summed E-state index contributed by atoms with van der Waals surface area (Å²) in [6, 6.07) is 5.10. The summed E-state index contributed by atoms with van der Waals surface area (Å²) < 4.78 is 4.91. The van der Waals surface area contributed by atoms with Crippen LogP contribution in [0.2, 0.25) is 0 Å². The molecule has 0 radical (unpaired) electrons. The standard InChI is InChI=1S/C17H18N2O4/c1-9-4-5-10-11(8-9)16(21)18-15(10)14(17(22)23-3)12-6-7-13(20)19(12)2/h4-5,8,12H,6-7H2,1-3H3,(H,18,21)/b15-14+. The molecular formula is C17H18N2O4. The number of likely N-dealkylation sites (N-methyl/N-ethyl adjacent to an activating group) is 1. The molecule has 1 aromatic carbocycles. The van der Waals surface area contributed by atoms with Crippen LogP contribution < -0.4 is 5.32 Å². The molecular weight excluding hydrogens is 296 g/mol. The number of ether oxygens (including phenoxy) is 1. The summed E-state index contributed by atoms with van der Waals surface area (Å²) in [6.45, 7) is 1.90. The van der Waals surface area contributed by atoms with Crippen molar-refractivity contribution < 1.29 is 19.1 Å². The zero-order valence-corrected chi connectivity index (χ0v) is 13.3. The summed E-state index contributed by atoms with van der Waals surface area (Å²) in [5.74, 6) is -0.794. The number of benzene rings is 1. The van der Waals surface area contributed by atoms with E-state index in [0.29, 0.717) is 35.2 Å². The molecule has 2 heterocycles. The third-order valence-electron chi connectivity index (χ3n) is 4.43. The van der Waals surface area contributed by atoms with Crippen LogP contribution in [0.15, 0.2) is 23.8 Å². The number of amides is 2. The molecule has 1 atom stereocenters. The van der Waals surface area contributed by atoms with Crippen LogP contribution >= 0.6 is 0 Å². The van der Waals surface area contributed by atoms with Crippen LogP contribution in [0.5, 0.6) is 0 Å². The highest BCUT2D eigenvalue weighted by atomic mass is 16.5. The molecule has 2 amide bonds. The number of nitrogens with one attached hydrogen (secondary N) is 1. The van der Waals surface area contributed by atoms with E-state index < -0.39 is 12.0 Å². The maximum atomic E-state index is 12.4. The second-order valence-electron chi connectivity index (χ2n) is 5.84. The Morgan fingerprint density at radius 1 is 1.30 bits per heavy atom. The first-order valence-corrected chi connectivity index (χ1v) is 7.44. The molecule has 0 aliphatic carbocycles. The van der Waals surface area contributed by atoms with Gasteiger partial charge in [-0.15, -0.1) is 0 Å². The normalized spacial score (nSPS) is 22.0. The van der Waals surface area contributed by atoms with E-state index in [1.165, 1.54) is 12.0 Å². The number of carbonyl (C=O) groups excluding carboxylic acids is 3. The van der Waals surface area contributed by atoms with Crippen LogP contribution in [-0.2, 0) is 14.3 Å². The minimum absolute atomic E-state index is 0.0227. The maximum absolute atomic E-state index is 12.4. The van der Waals surface area contributed by atoms with Crippen molar-refractivity contribution in [3.63, 3.8) is 0 Å². The summed E-state index contributed by atoms with van der Waals surface area (Å²) in [6.07, 6.45) is 0.907. The number of esters is 1. The Morgan fingerprint density at radius 2 is 2.04 bits per heavy atom. The zero-order valence-electron chi connectivity index (χ0n) is 13.3. The number of rotatable bonds is 2. The molecule has 120 valence electrons. The number of hydrogen-bond acceptors (Lipinski definition) is 4. The molecule has 3 rings (SSSR count). The fraction of sp³-hybridized carbons (Fsp3) is 0.353. The minimum atomic E-state index is -0.528. The van der Waals surface area contributed by atoms with Gasteiger partial charge in [-0.2, -0.15) is 0 Å². The smallest absolute Gasteiger partial charge is 0.337 e. The second-order valence-corrected chi connectivity index (χ2v) is 5.84. The molecule has 1 saturated heterocycles. The Kier molecular flexibility index (Phi) is 3.67. The van der Waals surface area contributed by atoms with Crippen molar-refractivity contribution >= 4 is 23.5 Å². The van der Waals surface area contributed by atoms with E-state index in [1.807, 2.05) is 19.1 Å². The molecule has 2 aliphatic rings. The van der Waals surface area contributed by atoms with Crippen molar-refractivity contribution in [2.75, 3.05) is 14.2 Å². The maximum Gasteiger partial charge on any atom is 0.337 e. The molecule has 2 aliphatic heterocycles. The number of methoxy groups -OCH3 is 1. The predicted molar refractivity (Wildman–Crippen MR) is 83.4 cm³/mol. The summed E-state index contributed by atoms with van der Waals surface area (Å²) >= 11 is 0. The van der Waals surface area contributed by atoms with Crippen LogP contribution in [0.25, 0.3) is 5.70 Å². The average molecular weight is 314 g/mol. The van der Waals surface area contributed by atoms with Crippen molar-refractivity contribution in [2.45, 2.75) is 25.8 Å². The summed E-state index contributed by atoms with van der Waals surface area (Å²) in [5, 5.41) is 2.78. The van der Waals surface area contributed by atoms with Crippen molar-refractivity contribution in [2.24, 2.45) is 0 Å². The van der Waals surface area contributed by atoms with E-state index in [1.54, 1.807) is 13.1 Å². The molecule has 1 N–H and O–H groups in total. The van der Waals surface area contributed by atoms with Gasteiger partial charge < -0.3 is 15.0 Å². The number of carbonyl (C=O) groups is 3. The van der Waals surface area contributed by atoms with Crippen molar-refractivity contribution in [1.82, 2.24) is 10.2 Å². The number of hydrogen-bond donors (Lipinski definition) is 1. The SMILES string of the molecule is COC(=O)/C(=C1/NC(=O)c2cc(C)ccc21)C1CCC(=O)N1C. The van der Waals surface area contributed by atoms with Gasteiger partial charge in [0.15, 0.2) is 0 Å². The Morgan fingerprint density at radius 3 is 2.65 bits per heavy atom. The lowest BCUT2D eigenvalue weighted by Gasteiger charge is -2.23. The van der Waals surface area contributed by atoms with Crippen LogP contribution in [0, 0.1) is 6.92 Å². The van der Waals surface area contributed by atoms with E-state index in [9.17, 15) is 14.4 Å².